The molecule has 0 radical (unpaired) electrons. The summed E-state index contributed by atoms with van der Waals surface area (Å²) < 4.78 is 7.16. The Morgan fingerprint density at radius 3 is 3.00 bits per heavy atom. The molecule has 1 saturated heterocycles. The van der Waals surface area contributed by atoms with Gasteiger partial charge in [0.1, 0.15) is 11.9 Å². The molecular formula is C11H18N4O3. The summed E-state index contributed by atoms with van der Waals surface area (Å²) in [5, 5.41) is 14.8. The Morgan fingerprint density at radius 2 is 2.39 bits per heavy atom. The molecule has 1 atom stereocenters. The molecule has 2 heterocycles. The van der Waals surface area contributed by atoms with Crippen molar-refractivity contribution >= 4 is 5.69 Å². The highest BCUT2D eigenvalue weighted by Gasteiger charge is 2.19. The van der Waals surface area contributed by atoms with Crippen molar-refractivity contribution in [3.63, 3.8) is 0 Å². The zero-order valence-corrected chi connectivity index (χ0v) is 10.7. The van der Waals surface area contributed by atoms with Crippen molar-refractivity contribution in [1.29, 1.82) is 0 Å². The van der Waals surface area contributed by atoms with Crippen molar-refractivity contribution < 1.29 is 9.66 Å². The number of ether oxygens (including phenoxy) is 1. The summed E-state index contributed by atoms with van der Waals surface area (Å²) in [6.45, 7) is 7.86. The van der Waals surface area contributed by atoms with Gasteiger partial charge in [-0.1, -0.05) is 0 Å². The number of nitrogens with zero attached hydrogens (tertiary/aromatic N) is 4. The molecule has 0 spiro atoms. The van der Waals surface area contributed by atoms with Gasteiger partial charge in [0.15, 0.2) is 0 Å². The van der Waals surface area contributed by atoms with Gasteiger partial charge in [-0.2, -0.15) is 5.10 Å². The minimum Gasteiger partial charge on any atom is -0.376 e. The number of aromatic nitrogens is 2. The molecule has 18 heavy (non-hydrogen) atoms. The molecular weight excluding hydrogens is 236 g/mol. The first-order valence-electron chi connectivity index (χ1n) is 6.08. The van der Waals surface area contributed by atoms with E-state index in [0.29, 0.717) is 12.2 Å². The van der Waals surface area contributed by atoms with Crippen LogP contribution in [0.25, 0.3) is 0 Å². The first kappa shape index (κ1) is 13.0. The maximum Gasteiger partial charge on any atom is 0.309 e. The van der Waals surface area contributed by atoms with Crippen molar-refractivity contribution in [2.75, 3.05) is 26.2 Å². The molecule has 1 aliphatic heterocycles. The maximum atomic E-state index is 10.7. The van der Waals surface area contributed by atoms with Gasteiger partial charge >= 0.3 is 5.69 Å². The molecule has 0 aromatic carbocycles. The lowest BCUT2D eigenvalue weighted by molar-refractivity contribution is -0.385. The van der Waals surface area contributed by atoms with E-state index >= 15 is 0 Å². The van der Waals surface area contributed by atoms with Crippen molar-refractivity contribution in [2.45, 2.75) is 26.5 Å². The van der Waals surface area contributed by atoms with Crippen LogP contribution in [0.4, 0.5) is 5.69 Å². The van der Waals surface area contributed by atoms with Gasteiger partial charge in [-0.05, 0) is 13.8 Å². The molecule has 0 bridgehead atoms. The number of rotatable bonds is 4. The molecule has 1 aromatic heterocycles. The molecule has 1 fully saturated rings. The second-order valence-electron chi connectivity index (χ2n) is 4.58. The molecule has 2 rings (SSSR count). The summed E-state index contributed by atoms with van der Waals surface area (Å²) >= 11 is 0. The van der Waals surface area contributed by atoms with Gasteiger partial charge < -0.3 is 4.74 Å². The Labute approximate surface area is 105 Å². The van der Waals surface area contributed by atoms with E-state index in [1.807, 2.05) is 0 Å². The molecule has 0 saturated carbocycles. The summed E-state index contributed by atoms with van der Waals surface area (Å²) in [5.41, 5.74) is 0.701. The van der Waals surface area contributed by atoms with Gasteiger partial charge in [0.05, 0.1) is 24.2 Å². The van der Waals surface area contributed by atoms with E-state index in [0.717, 1.165) is 26.2 Å². The number of hydrogen-bond acceptors (Lipinski definition) is 5. The fourth-order valence-electron chi connectivity index (χ4n) is 2.17. The third-order valence-corrected chi connectivity index (χ3v) is 3.23. The first-order chi connectivity index (χ1) is 8.58. The standard InChI is InChI=1S/C11H18N4O3/c1-9-8-13(5-6-18-9)3-4-14-10(2)11(7-12-14)15(16)17/h7,9H,3-6,8H2,1-2H3/t9-/m0/s1. The molecule has 100 valence electrons. The summed E-state index contributed by atoms with van der Waals surface area (Å²) in [4.78, 5) is 12.6. The lowest BCUT2D eigenvalue weighted by atomic mass is 10.3. The molecule has 0 unspecified atom stereocenters. The van der Waals surface area contributed by atoms with Gasteiger partial charge in [-0.25, -0.2) is 0 Å². The van der Waals surface area contributed by atoms with Crippen LogP contribution in [-0.4, -0.2) is 51.9 Å². The fraction of sp³-hybridized carbons (Fsp3) is 0.727. The van der Waals surface area contributed by atoms with E-state index < -0.39 is 4.92 Å². The summed E-state index contributed by atoms with van der Waals surface area (Å²) in [6.07, 6.45) is 1.57. The van der Waals surface area contributed by atoms with Gasteiger partial charge in [-0.15, -0.1) is 0 Å². The van der Waals surface area contributed by atoms with Gasteiger partial charge in [0.25, 0.3) is 0 Å². The van der Waals surface area contributed by atoms with Crippen LogP contribution in [0.3, 0.4) is 0 Å². The number of morpholine rings is 1. The van der Waals surface area contributed by atoms with Crippen LogP contribution >= 0.6 is 0 Å². The lowest BCUT2D eigenvalue weighted by Gasteiger charge is -2.30. The smallest absolute Gasteiger partial charge is 0.309 e. The van der Waals surface area contributed by atoms with Gasteiger partial charge in [0.2, 0.25) is 0 Å². The second kappa shape index (κ2) is 5.45. The Morgan fingerprint density at radius 1 is 1.61 bits per heavy atom. The topological polar surface area (TPSA) is 73.4 Å². The molecule has 0 aliphatic carbocycles. The predicted octanol–water partition coefficient (Wildman–Crippen LogP) is 0.820. The third-order valence-electron chi connectivity index (χ3n) is 3.23. The predicted molar refractivity (Wildman–Crippen MR) is 65.5 cm³/mol. The van der Waals surface area contributed by atoms with Crippen molar-refractivity contribution in [1.82, 2.24) is 14.7 Å². The Balaban J connectivity index is 1.92. The normalized spacial score (nSPS) is 21.1. The van der Waals surface area contributed by atoms with Crippen LogP contribution in [0.1, 0.15) is 12.6 Å². The van der Waals surface area contributed by atoms with Crippen LogP contribution in [0.5, 0.6) is 0 Å². The summed E-state index contributed by atoms with van der Waals surface area (Å²) in [5.74, 6) is 0. The Bertz CT molecular complexity index is 432. The fourth-order valence-corrected chi connectivity index (χ4v) is 2.17. The summed E-state index contributed by atoms with van der Waals surface area (Å²) in [6, 6.07) is 0. The van der Waals surface area contributed by atoms with Crippen molar-refractivity contribution in [3.8, 4) is 0 Å². The van der Waals surface area contributed by atoms with Crippen LogP contribution in [0, 0.1) is 17.0 Å². The SMILES string of the molecule is Cc1c([N+](=O)[O-])cnn1CCN1CCO[C@@H](C)C1. The van der Waals surface area contributed by atoms with E-state index in [4.69, 9.17) is 4.74 Å². The minimum absolute atomic E-state index is 0.0883. The average molecular weight is 254 g/mol. The molecule has 1 aliphatic rings. The molecule has 7 heteroatoms. The molecule has 0 amide bonds. The third kappa shape index (κ3) is 2.85. The first-order valence-corrected chi connectivity index (χ1v) is 6.08. The highest BCUT2D eigenvalue weighted by atomic mass is 16.6. The van der Waals surface area contributed by atoms with Crippen molar-refractivity contribution in [2.24, 2.45) is 0 Å². The number of nitro groups is 1. The molecule has 1 aromatic rings. The monoisotopic (exact) mass is 254 g/mol. The highest BCUT2D eigenvalue weighted by molar-refractivity contribution is 5.31. The Kier molecular flexibility index (Phi) is 3.93. The molecule has 7 nitrogen and oxygen atoms in total. The Hall–Kier alpha value is -1.47. The summed E-state index contributed by atoms with van der Waals surface area (Å²) in [7, 11) is 0. The van der Waals surface area contributed by atoms with E-state index in [2.05, 4.69) is 16.9 Å². The van der Waals surface area contributed by atoms with Gasteiger partial charge in [0, 0.05) is 19.6 Å². The van der Waals surface area contributed by atoms with E-state index in [-0.39, 0.29) is 11.8 Å². The second-order valence-corrected chi connectivity index (χ2v) is 4.58. The average Bonchev–Trinajstić information content (AvgIpc) is 2.68. The maximum absolute atomic E-state index is 10.7. The minimum atomic E-state index is -0.393. The largest absolute Gasteiger partial charge is 0.376 e. The van der Waals surface area contributed by atoms with E-state index in [1.165, 1.54) is 6.20 Å². The van der Waals surface area contributed by atoms with E-state index in [1.54, 1.807) is 11.6 Å². The number of hydrogen-bond donors (Lipinski definition) is 0. The van der Waals surface area contributed by atoms with E-state index in [9.17, 15) is 10.1 Å². The molecule has 0 N–H and O–H groups in total. The van der Waals surface area contributed by atoms with Crippen molar-refractivity contribution in [3.05, 3.63) is 22.0 Å². The lowest BCUT2D eigenvalue weighted by Crippen LogP contribution is -2.42. The van der Waals surface area contributed by atoms with Crippen LogP contribution in [0.15, 0.2) is 6.20 Å². The quantitative estimate of drug-likeness (QED) is 0.587. The van der Waals surface area contributed by atoms with Crippen LogP contribution in [0.2, 0.25) is 0 Å². The van der Waals surface area contributed by atoms with Gasteiger partial charge in [-0.3, -0.25) is 19.7 Å². The van der Waals surface area contributed by atoms with Crippen LogP contribution < -0.4 is 0 Å². The van der Waals surface area contributed by atoms with Crippen LogP contribution in [-0.2, 0) is 11.3 Å². The highest BCUT2D eigenvalue weighted by Crippen LogP contribution is 2.16. The zero-order valence-electron chi connectivity index (χ0n) is 10.7. The zero-order chi connectivity index (χ0) is 13.1.